The van der Waals surface area contributed by atoms with Crippen LogP contribution in [-0.2, 0) is 16.2 Å². The van der Waals surface area contributed by atoms with Crippen molar-refractivity contribution >= 4 is 40.8 Å². The van der Waals surface area contributed by atoms with E-state index >= 15 is 0 Å². The van der Waals surface area contributed by atoms with E-state index in [1.54, 1.807) is 30.6 Å². The zero-order chi connectivity index (χ0) is 15.7. The molecule has 1 amide bonds. The molecule has 21 heavy (non-hydrogen) atoms. The molecule has 2 aliphatic rings. The quantitative estimate of drug-likeness (QED) is 0.719. The van der Waals surface area contributed by atoms with Gasteiger partial charge >= 0.3 is 0 Å². The first-order chi connectivity index (χ1) is 9.79. The lowest BCUT2D eigenvalue weighted by Crippen LogP contribution is -2.57. The Bertz CT molecular complexity index is 377. The lowest BCUT2D eigenvalue weighted by atomic mass is 10.1. The van der Waals surface area contributed by atoms with E-state index in [1.807, 2.05) is 20.8 Å². The van der Waals surface area contributed by atoms with Gasteiger partial charge in [0.15, 0.2) is 4.08 Å². The number of carbonyl (C=O) groups excluding carboxylic acids is 1. The maximum atomic E-state index is 12.5. The van der Waals surface area contributed by atoms with Gasteiger partial charge in [0.25, 0.3) is 0 Å². The van der Waals surface area contributed by atoms with E-state index in [2.05, 4.69) is 10.0 Å². The van der Waals surface area contributed by atoms with E-state index in [-0.39, 0.29) is 16.7 Å². The lowest BCUT2D eigenvalue weighted by Gasteiger charge is -2.36. The van der Waals surface area contributed by atoms with E-state index in [0.29, 0.717) is 5.92 Å². The third-order valence-corrected chi connectivity index (χ3v) is 8.98. The number of carbonyl (C=O) groups is 1. The third-order valence-electron chi connectivity index (χ3n) is 3.79. The van der Waals surface area contributed by atoms with Crippen molar-refractivity contribution in [2.24, 2.45) is 5.92 Å². The summed E-state index contributed by atoms with van der Waals surface area (Å²) in [6.07, 6.45) is 3.41. The topological polar surface area (TPSA) is 64.2 Å². The molecule has 0 aromatic heterocycles. The second kappa shape index (κ2) is 6.91. The molecule has 122 valence electrons. The Morgan fingerprint density at radius 2 is 1.95 bits per heavy atom. The number of rotatable bonds is 6. The monoisotopic (exact) mass is 350 g/mol. The molecular formula is C14H26N2O2S3. The zero-order valence-corrected chi connectivity index (χ0v) is 15.7. The molecule has 1 saturated heterocycles. The summed E-state index contributed by atoms with van der Waals surface area (Å²) in [6.45, 7) is 5.89. The fraction of sp³-hybridized carbons (Fsp3) is 0.929. The minimum Gasteiger partial charge on any atom is -0.598 e. The van der Waals surface area contributed by atoms with Gasteiger partial charge in [-0.2, -0.15) is 0 Å². The minimum absolute atomic E-state index is 0.0393. The van der Waals surface area contributed by atoms with Crippen LogP contribution in [0.5, 0.6) is 0 Å². The van der Waals surface area contributed by atoms with E-state index < -0.39 is 15.4 Å². The van der Waals surface area contributed by atoms with Gasteiger partial charge in [-0.1, -0.05) is 12.8 Å². The number of thioether (sulfide) groups is 2. The predicted octanol–water partition coefficient (Wildman–Crippen LogP) is 2.13. The van der Waals surface area contributed by atoms with Gasteiger partial charge in [-0.05, 0) is 33.1 Å². The van der Waals surface area contributed by atoms with Crippen LogP contribution in [0.25, 0.3) is 0 Å². The summed E-state index contributed by atoms with van der Waals surface area (Å²) in [5, 5.41) is 2.81. The van der Waals surface area contributed by atoms with Gasteiger partial charge in [-0.25, -0.2) is 0 Å². The maximum absolute atomic E-state index is 12.5. The van der Waals surface area contributed by atoms with Crippen molar-refractivity contribution in [3.63, 3.8) is 0 Å². The second-order valence-electron chi connectivity index (χ2n) is 6.67. The second-order valence-corrected chi connectivity index (χ2v) is 11.6. The highest BCUT2D eigenvalue weighted by Gasteiger charge is 2.53. The van der Waals surface area contributed by atoms with Gasteiger partial charge in [-0.15, -0.1) is 28.2 Å². The van der Waals surface area contributed by atoms with Crippen LogP contribution in [-0.4, -0.2) is 43.9 Å². The van der Waals surface area contributed by atoms with E-state index in [9.17, 15) is 9.35 Å². The number of hydrogen-bond acceptors (Lipinski definition) is 5. The molecule has 1 aliphatic carbocycles. The van der Waals surface area contributed by atoms with Crippen molar-refractivity contribution in [1.82, 2.24) is 10.0 Å². The van der Waals surface area contributed by atoms with Gasteiger partial charge in [-0.3, -0.25) is 4.79 Å². The highest BCUT2D eigenvalue weighted by Crippen LogP contribution is 2.50. The first kappa shape index (κ1) is 17.8. The van der Waals surface area contributed by atoms with Crippen LogP contribution >= 0.6 is 23.5 Å². The Morgan fingerprint density at radius 1 is 1.38 bits per heavy atom. The van der Waals surface area contributed by atoms with Crippen LogP contribution in [0.15, 0.2) is 0 Å². The molecule has 2 atom stereocenters. The minimum atomic E-state index is -1.15. The first-order valence-electron chi connectivity index (χ1n) is 7.47. The van der Waals surface area contributed by atoms with Crippen molar-refractivity contribution in [3.8, 4) is 0 Å². The summed E-state index contributed by atoms with van der Waals surface area (Å²) in [4.78, 5) is 12.5. The molecule has 0 bridgehead atoms. The molecule has 2 fully saturated rings. The Balaban J connectivity index is 2.18. The largest absolute Gasteiger partial charge is 0.598 e. The summed E-state index contributed by atoms with van der Waals surface area (Å²) in [6, 6.07) is -0.0393. The van der Waals surface area contributed by atoms with Crippen LogP contribution < -0.4 is 10.0 Å². The summed E-state index contributed by atoms with van der Waals surface area (Å²) in [5.74, 6) is 2.69. The van der Waals surface area contributed by atoms with Crippen LogP contribution in [0.2, 0.25) is 0 Å². The molecule has 2 N–H and O–H groups in total. The molecule has 1 heterocycles. The molecule has 0 unspecified atom stereocenters. The molecule has 4 nitrogen and oxygen atoms in total. The van der Waals surface area contributed by atoms with Crippen LogP contribution in [0, 0.1) is 5.92 Å². The SMILES string of the molecule is CNC(=O)C1([C@H](CC2CC2)N[S@@+]([O-])C(C)(C)C)SCCS1. The number of hydrogen-bond donors (Lipinski definition) is 2. The molecule has 0 aromatic rings. The van der Waals surface area contributed by atoms with Crippen molar-refractivity contribution in [2.75, 3.05) is 18.6 Å². The van der Waals surface area contributed by atoms with Crippen LogP contribution in [0.3, 0.4) is 0 Å². The molecule has 0 aromatic carbocycles. The highest BCUT2D eigenvalue weighted by molar-refractivity contribution is 8.22. The summed E-state index contributed by atoms with van der Waals surface area (Å²) in [7, 11) is 1.69. The number of amides is 1. The summed E-state index contributed by atoms with van der Waals surface area (Å²) >= 11 is 2.26. The van der Waals surface area contributed by atoms with Crippen molar-refractivity contribution in [2.45, 2.75) is 54.9 Å². The lowest BCUT2D eigenvalue weighted by molar-refractivity contribution is -0.121. The summed E-state index contributed by atoms with van der Waals surface area (Å²) < 4.78 is 15.0. The van der Waals surface area contributed by atoms with E-state index in [0.717, 1.165) is 17.9 Å². The van der Waals surface area contributed by atoms with Gasteiger partial charge in [0.1, 0.15) is 4.75 Å². The molecule has 1 aliphatic heterocycles. The van der Waals surface area contributed by atoms with Gasteiger partial charge in [0.2, 0.25) is 5.91 Å². The highest BCUT2D eigenvalue weighted by atomic mass is 32.2. The molecular weight excluding hydrogens is 324 g/mol. The molecule has 7 heteroatoms. The van der Waals surface area contributed by atoms with Crippen LogP contribution in [0.1, 0.15) is 40.0 Å². The van der Waals surface area contributed by atoms with Gasteiger partial charge < -0.3 is 9.87 Å². The zero-order valence-electron chi connectivity index (χ0n) is 13.2. The Labute approximate surface area is 139 Å². The fourth-order valence-corrected chi connectivity index (χ4v) is 6.69. The summed E-state index contributed by atoms with van der Waals surface area (Å²) in [5.41, 5.74) is 0. The Hall–Kier alpha value is 0.440. The standard InChI is InChI=1S/C14H26N2O2S3/c1-13(2,3)21(18)16-11(9-10-5-6-10)14(12(17)15-4)19-7-8-20-14/h10-11,16H,5-9H2,1-4H3,(H,15,17)/t11-,21-/m0/s1. The Morgan fingerprint density at radius 3 is 2.38 bits per heavy atom. The molecule has 2 rings (SSSR count). The number of nitrogens with one attached hydrogen (secondary N) is 2. The van der Waals surface area contributed by atoms with Crippen molar-refractivity contribution in [1.29, 1.82) is 0 Å². The average molecular weight is 351 g/mol. The smallest absolute Gasteiger partial charge is 0.247 e. The molecule has 0 spiro atoms. The Kier molecular flexibility index (Phi) is 5.85. The average Bonchev–Trinajstić information content (AvgIpc) is 3.09. The van der Waals surface area contributed by atoms with Gasteiger partial charge in [0.05, 0.1) is 6.04 Å². The van der Waals surface area contributed by atoms with Crippen molar-refractivity contribution < 1.29 is 9.35 Å². The predicted molar refractivity (Wildman–Crippen MR) is 93.9 cm³/mol. The van der Waals surface area contributed by atoms with Crippen molar-refractivity contribution in [3.05, 3.63) is 0 Å². The fourth-order valence-electron chi connectivity index (χ4n) is 2.37. The third kappa shape index (κ3) is 4.25. The van der Waals surface area contributed by atoms with E-state index in [1.165, 1.54) is 12.8 Å². The van der Waals surface area contributed by atoms with Gasteiger partial charge in [0, 0.05) is 29.9 Å². The van der Waals surface area contributed by atoms with Crippen LogP contribution in [0.4, 0.5) is 0 Å². The van der Waals surface area contributed by atoms with E-state index in [4.69, 9.17) is 0 Å². The molecule has 1 saturated carbocycles. The molecule has 0 radical (unpaired) electrons. The normalized spacial score (nSPS) is 24.6. The maximum Gasteiger partial charge on any atom is 0.247 e. The first-order valence-corrected chi connectivity index (χ1v) is 10.6.